The van der Waals surface area contributed by atoms with Gasteiger partial charge in [0.2, 0.25) is 0 Å². The zero-order valence-corrected chi connectivity index (χ0v) is 9.24. The van der Waals surface area contributed by atoms with Crippen molar-refractivity contribution in [3.05, 3.63) is 29.3 Å². The molecule has 1 aromatic rings. The number of phenols is 1. The van der Waals surface area contributed by atoms with Crippen LogP contribution in [0.4, 0.5) is 0 Å². The predicted molar refractivity (Wildman–Crippen MR) is 62.0 cm³/mol. The van der Waals surface area contributed by atoms with E-state index in [0.29, 0.717) is 24.1 Å². The summed E-state index contributed by atoms with van der Waals surface area (Å²) >= 11 is 0. The van der Waals surface area contributed by atoms with Gasteiger partial charge in [0.1, 0.15) is 5.75 Å². The van der Waals surface area contributed by atoms with Crippen LogP contribution >= 0.6 is 0 Å². The number of phenolic OH excluding ortho intramolecular Hbond substituents is 1. The standard InChI is InChI=1S/C13H19NO/c1-9(8-14)11-6-2-4-10-5-3-7-12(15)13(10)11/h3,5,7,9,11,15H,2,4,6,8,14H2,1H3. The SMILES string of the molecule is CC(CN)C1CCCc2cccc(O)c21. The van der Waals surface area contributed by atoms with E-state index in [1.54, 1.807) is 6.07 Å². The van der Waals surface area contributed by atoms with Gasteiger partial charge < -0.3 is 10.8 Å². The minimum atomic E-state index is 0.444. The Labute approximate surface area is 91.1 Å². The van der Waals surface area contributed by atoms with Gasteiger partial charge in [-0.05, 0) is 49.3 Å². The summed E-state index contributed by atoms with van der Waals surface area (Å²) in [4.78, 5) is 0. The van der Waals surface area contributed by atoms with Gasteiger partial charge in [-0.3, -0.25) is 0 Å². The Balaban J connectivity index is 2.40. The third-order valence-corrected chi connectivity index (χ3v) is 3.56. The number of fused-ring (bicyclic) bond motifs is 1. The quantitative estimate of drug-likeness (QED) is 0.778. The van der Waals surface area contributed by atoms with Gasteiger partial charge in [0.05, 0.1) is 0 Å². The van der Waals surface area contributed by atoms with Gasteiger partial charge in [0.15, 0.2) is 0 Å². The van der Waals surface area contributed by atoms with Crippen molar-refractivity contribution in [2.75, 3.05) is 6.54 Å². The van der Waals surface area contributed by atoms with Crippen LogP contribution in [-0.4, -0.2) is 11.7 Å². The molecule has 0 aliphatic heterocycles. The van der Waals surface area contributed by atoms with Crippen LogP contribution in [0.2, 0.25) is 0 Å². The molecule has 0 amide bonds. The van der Waals surface area contributed by atoms with Crippen LogP contribution in [0.25, 0.3) is 0 Å². The molecule has 0 saturated carbocycles. The average molecular weight is 205 g/mol. The van der Waals surface area contributed by atoms with Crippen LogP contribution in [0.5, 0.6) is 5.75 Å². The van der Waals surface area contributed by atoms with E-state index in [-0.39, 0.29) is 0 Å². The molecule has 2 heteroatoms. The first-order valence-corrected chi connectivity index (χ1v) is 5.75. The minimum absolute atomic E-state index is 0.444. The zero-order valence-electron chi connectivity index (χ0n) is 9.24. The molecule has 2 nitrogen and oxygen atoms in total. The van der Waals surface area contributed by atoms with E-state index in [4.69, 9.17) is 5.73 Å². The van der Waals surface area contributed by atoms with E-state index >= 15 is 0 Å². The third kappa shape index (κ3) is 1.86. The number of benzene rings is 1. The maximum Gasteiger partial charge on any atom is 0.119 e. The summed E-state index contributed by atoms with van der Waals surface area (Å²) in [6.07, 6.45) is 3.46. The largest absolute Gasteiger partial charge is 0.508 e. The van der Waals surface area contributed by atoms with Gasteiger partial charge in [-0.15, -0.1) is 0 Å². The van der Waals surface area contributed by atoms with Gasteiger partial charge in [-0.1, -0.05) is 19.1 Å². The molecule has 2 rings (SSSR count). The second-order valence-corrected chi connectivity index (χ2v) is 4.56. The lowest BCUT2D eigenvalue weighted by Gasteiger charge is -2.30. The molecule has 0 radical (unpaired) electrons. The highest BCUT2D eigenvalue weighted by Gasteiger charge is 2.26. The highest BCUT2D eigenvalue weighted by atomic mass is 16.3. The van der Waals surface area contributed by atoms with E-state index in [1.165, 1.54) is 12.0 Å². The second kappa shape index (κ2) is 4.23. The fourth-order valence-electron chi connectivity index (χ4n) is 2.64. The molecule has 82 valence electrons. The van der Waals surface area contributed by atoms with E-state index in [9.17, 15) is 5.11 Å². The maximum atomic E-state index is 9.93. The molecule has 1 aromatic carbocycles. The Morgan fingerprint density at radius 2 is 2.33 bits per heavy atom. The molecule has 0 bridgehead atoms. The molecule has 1 aliphatic rings. The number of hydrogen-bond donors (Lipinski definition) is 2. The smallest absolute Gasteiger partial charge is 0.119 e. The van der Waals surface area contributed by atoms with Crippen LogP contribution in [0, 0.1) is 5.92 Å². The fourth-order valence-corrected chi connectivity index (χ4v) is 2.64. The average Bonchev–Trinajstić information content (AvgIpc) is 2.28. The Morgan fingerprint density at radius 3 is 3.07 bits per heavy atom. The third-order valence-electron chi connectivity index (χ3n) is 3.56. The first-order chi connectivity index (χ1) is 7.24. The Morgan fingerprint density at radius 1 is 1.53 bits per heavy atom. The number of aryl methyl sites for hydroxylation is 1. The number of nitrogens with two attached hydrogens (primary N) is 1. The van der Waals surface area contributed by atoms with E-state index in [0.717, 1.165) is 18.4 Å². The molecule has 0 aromatic heterocycles. The predicted octanol–water partition coefficient (Wildman–Crippen LogP) is 2.41. The molecular weight excluding hydrogens is 186 g/mol. The number of rotatable bonds is 2. The molecule has 2 unspecified atom stereocenters. The summed E-state index contributed by atoms with van der Waals surface area (Å²) in [6.45, 7) is 2.87. The van der Waals surface area contributed by atoms with Gasteiger partial charge in [0, 0.05) is 5.56 Å². The van der Waals surface area contributed by atoms with Crippen LogP contribution in [-0.2, 0) is 6.42 Å². The lowest BCUT2D eigenvalue weighted by molar-refractivity contribution is 0.386. The van der Waals surface area contributed by atoms with Crippen molar-refractivity contribution in [3.63, 3.8) is 0 Å². The van der Waals surface area contributed by atoms with Crippen molar-refractivity contribution in [2.45, 2.75) is 32.1 Å². The molecule has 0 spiro atoms. The van der Waals surface area contributed by atoms with Crippen molar-refractivity contribution in [3.8, 4) is 5.75 Å². The van der Waals surface area contributed by atoms with Gasteiger partial charge in [-0.2, -0.15) is 0 Å². The monoisotopic (exact) mass is 205 g/mol. The Bertz CT molecular complexity index is 348. The number of hydrogen-bond acceptors (Lipinski definition) is 2. The van der Waals surface area contributed by atoms with Gasteiger partial charge in [0.25, 0.3) is 0 Å². The van der Waals surface area contributed by atoms with Gasteiger partial charge >= 0.3 is 0 Å². The molecule has 0 fully saturated rings. The summed E-state index contributed by atoms with van der Waals surface area (Å²) in [5, 5.41) is 9.93. The maximum absolute atomic E-state index is 9.93. The first-order valence-electron chi connectivity index (χ1n) is 5.75. The molecule has 2 atom stereocenters. The molecule has 0 heterocycles. The van der Waals surface area contributed by atoms with Crippen molar-refractivity contribution in [2.24, 2.45) is 11.7 Å². The summed E-state index contributed by atoms with van der Waals surface area (Å²) < 4.78 is 0. The highest BCUT2D eigenvalue weighted by molar-refractivity contribution is 5.43. The summed E-state index contributed by atoms with van der Waals surface area (Å²) in [5.74, 6) is 1.36. The van der Waals surface area contributed by atoms with E-state index in [1.807, 2.05) is 6.07 Å². The summed E-state index contributed by atoms with van der Waals surface area (Å²) in [7, 11) is 0. The minimum Gasteiger partial charge on any atom is -0.508 e. The Hall–Kier alpha value is -1.02. The second-order valence-electron chi connectivity index (χ2n) is 4.56. The normalized spacial score (nSPS) is 22.1. The Kier molecular flexibility index (Phi) is 2.96. The van der Waals surface area contributed by atoms with Crippen LogP contribution in [0.3, 0.4) is 0 Å². The van der Waals surface area contributed by atoms with Crippen LogP contribution < -0.4 is 5.73 Å². The molecule has 0 saturated heterocycles. The fraction of sp³-hybridized carbons (Fsp3) is 0.538. The molecule has 3 N–H and O–H groups in total. The van der Waals surface area contributed by atoms with Crippen molar-refractivity contribution >= 4 is 0 Å². The van der Waals surface area contributed by atoms with Crippen molar-refractivity contribution in [1.29, 1.82) is 0 Å². The topological polar surface area (TPSA) is 46.2 Å². The highest BCUT2D eigenvalue weighted by Crippen LogP contribution is 2.41. The summed E-state index contributed by atoms with van der Waals surface area (Å²) in [5.41, 5.74) is 8.19. The number of aromatic hydroxyl groups is 1. The van der Waals surface area contributed by atoms with E-state index in [2.05, 4.69) is 13.0 Å². The first kappa shape index (κ1) is 10.5. The van der Waals surface area contributed by atoms with E-state index < -0.39 is 0 Å². The molecule has 15 heavy (non-hydrogen) atoms. The van der Waals surface area contributed by atoms with Crippen molar-refractivity contribution < 1.29 is 5.11 Å². The lowest BCUT2D eigenvalue weighted by Crippen LogP contribution is -2.22. The van der Waals surface area contributed by atoms with Gasteiger partial charge in [-0.25, -0.2) is 0 Å². The van der Waals surface area contributed by atoms with Crippen molar-refractivity contribution in [1.82, 2.24) is 0 Å². The van der Waals surface area contributed by atoms with Crippen LogP contribution in [0.15, 0.2) is 18.2 Å². The summed E-state index contributed by atoms with van der Waals surface area (Å²) in [6, 6.07) is 5.86. The molecule has 1 aliphatic carbocycles. The molecular formula is C13H19NO. The van der Waals surface area contributed by atoms with Crippen LogP contribution in [0.1, 0.15) is 36.8 Å². The lowest BCUT2D eigenvalue weighted by atomic mass is 9.76. The zero-order chi connectivity index (χ0) is 10.8.